The standard InChI is InChI=1S/C13H19FN2O2/c1-13(2,6-4-8-17)9-16-12(18)10-5-3-7-15-11(10)14/h3,5,7,17H,4,6,8-9H2,1-2H3,(H,16,18). The number of carbonyl (C=O) groups excluding carboxylic acids is 1. The molecule has 1 heterocycles. The molecule has 0 saturated carbocycles. The van der Waals surface area contributed by atoms with Gasteiger partial charge in [0.15, 0.2) is 0 Å². The molecule has 0 aliphatic heterocycles. The largest absolute Gasteiger partial charge is 0.396 e. The molecule has 5 heteroatoms. The highest BCUT2D eigenvalue weighted by Crippen LogP contribution is 2.20. The fraction of sp³-hybridized carbons (Fsp3) is 0.538. The van der Waals surface area contributed by atoms with Gasteiger partial charge in [-0.1, -0.05) is 13.8 Å². The van der Waals surface area contributed by atoms with Crippen LogP contribution < -0.4 is 5.32 Å². The lowest BCUT2D eigenvalue weighted by Gasteiger charge is -2.24. The van der Waals surface area contributed by atoms with Gasteiger partial charge in [0.25, 0.3) is 5.91 Å². The van der Waals surface area contributed by atoms with E-state index in [1.54, 1.807) is 0 Å². The summed E-state index contributed by atoms with van der Waals surface area (Å²) in [5.41, 5.74) is -0.174. The molecule has 0 spiro atoms. The number of amides is 1. The number of aliphatic hydroxyl groups is 1. The Bertz CT molecular complexity index is 408. The van der Waals surface area contributed by atoms with Crippen molar-refractivity contribution in [2.75, 3.05) is 13.2 Å². The van der Waals surface area contributed by atoms with E-state index in [4.69, 9.17) is 5.11 Å². The molecular formula is C13H19FN2O2. The summed E-state index contributed by atoms with van der Waals surface area (Å²) in [5.74, 6) is -1.22. The highest BCUT2D eigenvalue weighted by molar-refractivity contribution is 5.94. The Morgan fingerprint density at radius 1 is 1.56 bits per heavy atom. The summed E-state index contributed by atoms with van der Waals surface area (Å²) < 4.78 is 13.3. The molecule has 0 aromatic carbocycles. The molecule has 100 valence electrons. The quantitative estimate of drug-likeness (QED) is 0.760. The van der Waals surface area contributed by atoms with E-state index >= 15 is 0 Å². The van der Waals surface area contributed by atoms with E-state index in [1.165, 1.54) is 18.3 Å². The lowest BCUT2D eigenvalue weighted by molar-refractivity contribution is 0.0928. The zero-order chi connectivity index (χ0) is 13.6. The number of halogens is 1. The number of pyridine rings is 1. The topological polar surface area (TPSA) is 62.2 Å². The summed E-state index contributed by atoms with van der Waals surface area (Å²) in [5, 5.41) is 11.5. The average Bonchev–Trinajstić information content (AvgIpc) is 2.34. The van der Waals surface area contributed by atoms with Crippen LogP contribution in [0.15, 0.2) is 18.3 Å². The van der Waals surface area contributed by atoms with E-state index in [0.29, 0.717) is 13.0 Å². The van der Waals surface area contributed by atoms with Gasteiger partial charge in [-0.2, -0.15) is 4.39 Å². The number of hydrogen-bond acceptors (Lipinski definition) is 3. The Balaban J connectivity index is 2.54. The third kappa shape index (κ3) is 4.41. The SMILES string of the molecule is CC(C)(CCCO)CNC(=O)c1cccnc1F. The van der Waals surface area contributed by atoms with Crippen molar-refractivity contribution in [1.82, 2.24) is 10.3 Å². The molecule has 0 atom stereocenters. The van der Waals surface area contributed by atoms with Crippen molar-refractivity contribution in [3.8, 4) is 0 Å². The van der Waals surface area contributed by atoms with Crippen molar-refractivity contribution < 1.29 is 14.3 Å². The minimum absolute atomic E-state index is 0.0459. The molecule has 0 saturated heterocycles. The highest BCUT2D eigenvalue weighted by atomic mass is 19.1. The van der Waals surface area contributed by atoms with Crippen LogP contribution in [0.4, 0.5) is 4.39 Å². The van der Waals surface area contributed by atoms with Crippen molar-refractivity contribution in [1.29, 1.82) is 0 Å². The van der Waals surface area contributed by atoms with Gasteiger partial charge in [-0.3, -0.25) is 4.79 Å². The van der Waals surface area contributed by atoms with E-state index < -0.39 is 11.9 Å². The number of hydrogen-bond donors (Lipinski definition) is 2. The number of aliphatic hydroxyl groups excluding tert-OH is 1. The second-order valence-electron chi connectivity index (χ2n) is 5.02. The summed E-state index contributed by atoms with van der Waals surface area (Å²) in [6, 6.07) is 2.92. The van der Waals surface area contributed by atoms with Crippen LogP contribution in [0.25, 0.3) is 0 Å². The van der Waals surface area contributed by atoms with Gasteiger partial charge in [-0.25, -0.2) is 4.98 Å². The van der Waals surface area contributed by atoms with Gasteiger partial charge in [-0.15, -0.1) is 0 Å². The van der Waals surface area contributed by atoms with Gasteiger partial charge in [0.2, 0.25) is 5.95 Å². The number of aromatic nitrogens is 1. The number of rotatable bonds is 6. The molecular weight excluding hydrogens is 235 g/mol. The van der Waals surface area contributed by atoms with Crippen LogP contribution >= 0.6 is 0 Å². The lowest BCUT2D eigenvalue weighted by Crippen LogP contribution is -2.34. The van der Waals surface area contributed by atoms with E-state index in [2.05, 4.69) is 10.3 Å². The van der Waals surface area contributed by atoms with Crippen LogP contribution in [0.5, 0.6) is 0 Å². The van der Waals surface area contributed by atoms with Crippen LogP contribution in [0, 0.1) is 11.4 Å². The maximum absolute atomic E-state index is 13.3. The van der Waals surface area contributed by atoms with E-state index in [0.717, 1.165) is 6.42 Å². The minimum Gasteiger partial charge on any atom is -0.396 e. The summed E-state index contributed by atoms with van der Waals surface area (Å²) in [7, 11) is 0. The second kappa shape index (κ2) is 6.44. The van der Waals surface area contributed by atoms with Crippen LogP contribution in [-0.2, 0) is 0 Å². The third-order valence-electron chi connectivity index (χ3n) is 2.74. The third-order valence-corrected chi connectivity index (χ3v) is 2.74. The van der Waals surface area contributed by atoms with Crippen LogP contribution in [-0.4, -0.2) is 29.1 Å². The zero-order valence-electron chi connectivity index (χ0n) is 10.7. The predicted molar refractivity (Wildman–Crippen MR) is 66.6 cm³/mol. The summed E-state index contributed by atoms with van der Waals surface area (Å²) >= 11 is 0. The van der Waals surface area contributed by atoms with Gasteiger partial charge in [0, 0.05) is 19.3 Å². The fourth-order valence-electron chi connectivity index (χ4n) is 1.62. The first-order valence-corrected chi connectivity index (χ1v) is 5.96. The average molecular weight is 254 g/mol. The molecule has 0 aliphatic rings. The normalized spacial score (nSPS) is 11.3. The Labute approximate surface area is 106 Å². The number of nitrogens with one attached hydrogen (secondary N) is 1. The van der Waals surface area contributed by atoms with Crippen molar-refractivity contribution in [3.63, 3.8) is 0 Å². The van der Waals surface area contributed by atoms with Crippen LogP contribution in [0.3, 0.4) is 0 Å². The molecule has 4 nitrogen and oxygen atoms in total. The molecule has 0 radical (unpaired) electrons. The fourth-order valence-corrected chi connectivity index (χ4v) is 1.62. The highest BCUT2D eigenvalue weighted by Gasteiger charge is 2.20. The van der Waals surface area contributed by atoms with Gasteiger partial charge >= 0.3 is 0 Å². The predicted octanol–water partition coefficient (Wildman–Crippen LogP) is 1.75. The molecule has 0 aliphatic carbocycles. The van der Waals surface area contributed by atoms with Crippen molar-refractivity contribution in [2.45, 2.75) is 26.7 Å². The summed E-state index contributed by atoms with van der Waals surface area (Å²) in [6.45, 7) is 4.54. The second-order valence-corrected chi connectivity index (χ2v) is 5.02. The summed E-state index contributed by atoms with van der Waals surface area (Å²) in [6.07, 6.45) is 2.78. The number of carbonyl (C=O) groups is 1. The molecule has 1 amide bonds. The van der Waals surface area contributed by atoms with E-state index in [1.807, 2.05) is 13.8 Å². The molecule has 18 heavy (non-hydrogen) atoms. The van der Waals surface area contributed by atoms with Crippen LogP contribution in [0.2, 0.25) is 0 Å². The van der Waals surface area contributed by atoms with Crippen LogP contribution in [0.1, 0.15) is 37.0 Å². The lowest BCUT2D eigenvalue weighted by atomic mass is 9.88. The van der Waals surface area contributed by atoms with Gasteiger partial charge in [0.05, 0.1) is 5.56 Å². The van der Waals surface area contributed by atoms with Crippen molar-refractivity contribution >= 4 is 5.91 Å². The maximum atomic E-state index is 13.3. The zero-order valence-corrected chi connectivity index (χ0v) is 10.7. The molecule has 0 unspecified atom stereocenters. The van der Waals surface area contributed by atoms with Gasteiger partial charge < -0.3 is 10.4 Å². The Morgan fingerprint density at radius 3 is 2.89 bits per heavy atom. The maximum Gasteiger partial charge on any atom is 0.255 e. The molecule has 1 aromatic rings. The van der Waals surface area contributed by atoms with E-state index in [9.17, 15) is 9.18 Å². The Morgan fingerprint density at radius 2 is 2.28 bits per heavy atom. The molecule has 2 N–H and O–H groups in total. The Hall–Kier alpha value is -1.49. The molecule has 0 fully saturated rings. The smallest absolute Gasteiger partial charge is 0.255 e. The first kappa shape index (κ1) is 14.6. The molecule has 0 bridgehead atoms. The van der Waals surface area contributed by atoms with E-state index in [-0.39, 0.29) is 17.6 Å². The Kier molecular flexibility index (Phi) is 5.22. The number of nitrogens with zero attached hydrogens (tertiary/aromatic N) is 1. The first-order valence-electron chi connectivity index (χ1n) is 5.96. The first-order chi connectivity index (χ1) is 8.46. The minimum atomic E-state index is -0.761. The molecule has 1 rings (SSSR count). The summed E-state index contributed by atoms with van der Waals surface area (Å²) in [4.78, 5) is 15.2. The van der Waals surface area contributed by atoms with Gasteiger partial charge in [0.1, 0.15) is 0 Å². The molecule has 1 aromatic heterocycles. The monoisotopic (exact) mass is 254 g/mol. The van der Waals surface area contributed by atoms with Gasteiger partial charge in [-0.05, 0) is 30.4 Å². The van der Waals surface area contributed by atoms with Crippen molar-refractivity contribution in [2.24, 2.45) is 5.41 Å². The van der Waals surface area contributed by atoms with Crippen molar-refractivity contribution in [3.05, 3.63) is 29.8 Å².